The second-order valence-corrected chi connectivity index (χ2v) is 6.87. The van der Waals surface area contributed by atoms with E-state index >= 15 is 0 Å². The minimum Gasteiger partial charge on any atom is -0.354 e. The van der Waals surface area contributed by atoms with Crippen molar-refractivity contribution in [1.29, 1.82) is 0 Å². The Balaban J connectivity index is 1.32. The lowest BCUT2D eigenvalue weighted by molar-refractivity contribution is -0.124. The van der Waals surface area contributed by atoms with E-state index in [1.807, 2.05) is 4.90 Å². The zero-order valence-corrected chi connectivity index (χ0v) is 13.2. The fourth-order valence-electron chi connectivity index (χ4n) is 3.98. The summed E-state index contributed by atoms with van der Waals surface area (Å²) in [4.78, 5) is 26.0. The van der Waals surface area contributed by atoms with Crippen LogP contribution < -0.4 is 10.6 Å². The monoisotopic (exact) mass is 305 g/mol. The van der Waals surface area contributed by atoms with Gasteiger partial charge in [0.15, 0.2) is 0 Å². The molecule has 0 aromatic carbocycles. The Labute approximate surface area is 132 Å². The van der Waals surface area contributed by atoms with Crippen LogP contribution in [0.25, 0.3) is 0 Å². The number of hydrogen-bond donors (Lipinski definition) is 2. The molecule has 122 valence electrons. The summed E-state index contributed by atoms with van der Waals surface area (Å²) < 4.78 is 0. The molecule has 2 N–H and O–H groups in total. The fraction of sp³-hybridized carbons (Fsp3) is 0.765. The van der Waals surface area contributed by atoms with Crippen LogP contribution in [0.4, 0.5) is 4.79 Å². The van der Waals surface area contributed by atoms with Gasteiger partial charge in [-0.15, -0.1) is 0 Å². The summed E-state index contributed by atoms with van der Waals surface area (Å²) in [6, 6.07) is 0.0181. The quantitative estimate of drug-likeness (QED) is 0.615. The van der Waals surface area contributed by atoms with Crippen molar-refractivity contribution in [2.75, 3.05) is 26.2 Å². The molecular weight excluding hydrogens is 278 g/mol. The van der Waals surface area contributed by atoms with Crippen molar-refractivity contribution in [3.8, 4) is 0 Å². The van der Waals surface area contributed by atoms with E-state index < -0.39 is 0 Å². The molecule has 22 heavy (non-hydrogen) atoms. The van der Waals surface area contributed by atoms with Crippen LogP contribution in [0.1, 0.15) is 38.5 Å². The molecule has 0 aromatic rings. The van der Waals surface area contributed by atoms with Crippen LogP contribution in [-0.2, 0) is 4.79 Å². The molecule has 0 bridgehead atoms. The molecule has 1 saturated carbocycles. The van der Waals surface area contributed by atoms with Gasteiger partial charge in [-0.1, -0.05) is 25.0 Å². The first-order valence-electron chi connectivity index (χ1n) is 8.69. The standard InChI is InChI=1S/C17H27N3O2/c21-16(13-5-1-2-6-13)18-9-10-19-17(22)20-11-14-7-3-4-8-15(14)12-20/h3-4,13-15H,1-2,5-12H2,(H,18,21)(H,19,22)/t14-,15-/m1/s1. The third-order valence-electron chi connectivity index (χ3n) is 5.33. The van der Waals surface area contributed by atoms with Crippen LogP contribution in [0, 0.1) is 17.8 Å². The number of carbonyl (C=O) groups is 2. The fourth-order valence-corrected chi connectivity index (χ4v) is 3.98. The molecule has 0 spiro atoms. The van der Waals surface area contributed by atoms with Crippen molar-refractivity contribution in [1.82, 2.24) is 15.5 Å². The number of carbonyl (C=O) groups excluding carboxylic acids is 2. The van der Waals surface area contributed by atoms with Gasteiger partial charge >= 0.3 is 6.03 Å². The Morgan fingerprint density at radius 2 is 1.55 bits per heavy atom. The van der Waals surface area contributed by atoms with Gasteiger partial charge in [-0.2, -0.15) is 0 Å². The van der Waals surface area contributed by atoms with E-state index in [9.17, 15) is 9.59 Å². The van der Waals surface area contributed by atoms with Crippen LogP contribution in [0.15, 0.2) is 12.2 Å². The first kappa shape index (κ1) is 15.4. The number of likely N-dealkylation sites (tertiary alicyclic amines) is 1. The molecule has 2 atom stereocenters. The van der Waals surface area contributed by atoms with Crippen LogP contribution in [0.5, 0.6) is 0 Å². The number of amides is 3. The van der Waals surface area contributed by atoms with Gasteiger partial charge in [0.2, 0.25) is 5.91 Å². The number of urea groups is 1. The topological polar surface area (TPSA) is 61.4 Å². The van der Waals surface area contributed by atoms with Crippen molar-refractivity contribution in [2.24, 2.45) is 17.8 Å². The molecule has 3 amide bonds. The highest BCUT2D eigenvalue weighted by Gasteiger charge is 2.34. The average Bonchev–Trinajstić information content (AvgIpc) is 3.19. The number of fused-ring (bicyclic) bond motifs is 1. The normalized spacial score (nSPS) is 27.7. The Hall–Kier alpha value is -1.52. The number of rotatable bonds is 4. The van der Waals surface area contributed by atoms with Crippen LogP contribution in [0.2, 0.25) is 0 Å². The number of nitrogens with zero attached hydrogens (tertiary/aromatic N) is 1. The zero-order chi connectivity index (χ0) is 15.4. The summed E-state index contributed by atoms with van der Waals surface area (Å²) in [7, 11) is 0. The van der Waals surface area contributed by atoms with Gasteiger partial charge in [-0.25, -0.2) is 4.79 Å². The van der Waals surface area contributed by atoms with Gasteiger partial charge in [-0.05, 0) is 37.5 Å². The molecule has 0 radical (unpaired) electrons. The number of hydrogen-bond acceptors (Lipinski definition) is 2. The number of allylic oxidation sites excluding steroid dienone is 2. The lowest BCUT2D eigenvalue weighted by Crippen LogP contribution is -2.42. The number of nitrogens with one attached hydrogen (secondary N) is 2. The van der Waals surface area contributed by atoms with E-state index in [1.165, 1.54) is 12.8 Å². The van der Waals surface area contributed by atoms with Crippen molar-refractivity contribution in [3.05, 3.63) is 12.2 Å². The van der Waals surface area contributed by atoms with Crippen molar-refractivity contribution < 1.29 is 9.59 Å². The molecule has 2 fully saturated rings. The van der Waals surface area contributed by atoms with Crippen LogP contribution in [-0.4, -0.2) is 43.0 Å². The van der Waals surface area contributed by atoms with Gasteiger partial charge in [0.05, 0.1) is 0 Å². The second kappa shape index (κ2) is 7.16. The summed E-state index contributed by atoms with van der Waals surface area (Å²) in [5.74, 6) is 1.63. The largest absolute Gasteiger partial charge is 0.354 e. The van der Waals surface area contributed by atoms with E-state index in [0.29, 0.717) is 24.9 Å². The van der Waals surface area contributed by atoms with Gasteiger partial charge in [-0.3, -0.25) is 4.79 Å². The van der Waals surface area contributed by atoms with E-state index in [4.69, 9.17) is 0 Å². The molecule has 1 saturated heterocycles. The minimum atomic E-state index is 0.0181. The van der Waals surface area contributed by atoms with E-state index in [-0.39, 0.29) is 17.9 Å². The summed E-state index contributed by atoms with van der Waals surface area (Å²) >= 11 is 0. The Kier molecular flexibility index (Phi) is 5.01. The molecule has 1 heterocycles. The van der Waals surface area contributed by atoms with E-state index in [1.54, 1.807) is 0 Å². The predicted molar refractivity (Wildman–Crippen MR) is 85.3 cm³/mol. The van der Waals surface area contributed by atoms with E-state index in [0.717, 1.165) is 38.8 Å². The van der Waals surface area contributed by atoms with Crippen molar-refractivity contribution >= 4 is 11.9 Å². The van der Waals surface area contributed by atoms with Gasteiger partial charge in [0, 0.05) is 32.1 Å². The van der Waals surface area contributed by atoms with Crippen molar-refractivity contribution in [3.63, 3.8) is 0 Å². The SMILES string of the molecule is O=C(NCCNC(=O)N1C[C@H]2CC=CC[C@@H]2C1)C1CCCC1. The van der Waals surface area contributed by atoms with Gasteiger partial charge in [0.1, 0.15) is 0 Å². The summed E-state index contributed by atoms with van der Waals surface area (Å²) in [6.45, 7) is 2.79. The molecular formula is C17H27N3O2. The third kappa shape index (κ3) is 3.62. The highest BCUT2D eigenvalue weighted by Crippen LogP contribution is 2.32. The maximum absolute atomic E-state index is 12.2. The van der Waals surface area contributed by atoms with Crippen LogP contribution in [0.3, 0.4) is 0 Å². The average molecular weight is 305 g/mol. The zero-order valence-electron chi connectivity index (χ0n) is 13.2. The van der Waals surface area contributed by atoms with Crippen molar-refractivity contribution in [2.45, 2.75) is 38.5 Å². The van der Waals surface area contributed by atoms with Gasteiger partial charge < -0.3 is 15.5 Å². The lowest BCUT2D eigenvalue weighted by atomic mass is 9.86. The second-order valence-electron chi connectivity index (χ2n) is 6.87. The molecule has 0 aromatic heterocycles. The van der Waals surface area contributed by atoms with E-state index in [2.05, 4.69) is 22.8 Å². The van der Waals surface area contributed by atoms with Gasteiger partial charge in [0.25, 0.3) is 0 Å². The summed E-state index contributed by atoms with van der Waals surface area (Å²) in [6.07, 6.45) is 11.0. The smallest absolute Gasteiger partial charge is 0.317 e. The first-order valence-corrected chi connectivity index (χ1v) is 8.69. The van der Waals surface area contributed by atoms with Crippen LogP contribution >= 0.6 is 0 Å². The molecule has 3 aliphatic rings. The Morgan fingerprint density at radius 3 is 2.18 bits per heavy atom. The summed E-state index contributed by atoms with van der Waals surface area (Å²) in [5, 5.41) is 5.87. The molecule has 0 unspecified atom stereocenters. The highest BCUT2D eigenvalue weighted by molar-refractivity contribution is 5.79. The first-order chi connectivity index (χ1) is 10.7. The third-order valence-corrected chi connectivity index (χ3v) is 5.33. The lowest BCUT2D eigenvalue weighted by Gasteiger charge is -2.17. The predicted octanol–water partition coefficient (Wildman–Crippen LogP) is 1.90. The molecule has 2 aliphatic carbocycles. The maximum atomic E-state index is 12.2. The minimum absolute atomic E-state index is 0.0181. The molecule has 1 aliphatic heterocycles. The summed E-state index contributed by atoms with van der Waals surface area (Å²) in [5.41, 5.74) is 0. The highest BCUT2D eigenvalue weighted by atomic mass is 16.2. The molecule has 3 rings (SSSR count). The Bertz CT molecular complexity index is 427. The molecule has 5 heteroatoms. The maximum Gasteiger partial charge on any atom is 0.317 e. The Morgan fingerprint density at radius 1 is 0.955 bits per heavy atom. The molecule has 5 nitrogen and oxygen atoms in total.